The van der Waals surface area contributed by atoms with Crippen LogP contribution in [0.15, 0.2) is 29.8 Å². The van der Waals surface area contributed by atoms with Gasteiger partial charge in [-0.3, -0.25) is 0 Å². The molecular weight excluding hydrogens is 242 g/mol. The van der Waals surface area contributed by atoms with Crippen molar-refractivity contribution < 1.29 is 0 Å². The van der Waals surface area contributed by atoms with Crippen LogP contribution in [0.25, 0.3) is 0 Å². The molecule has 0 radical (unpaired) electrons. The maximum Gasteiger partial charge on any atom is 0.0539 e. The van der Waals surface area contributed by atoms with Crippen molar-refractivity contribution in [3.05, 3.63) is 46.0 Å². The van der Waals surface area contributed by atoms with Crippen LogP contribution < -0.4 is 5.32 Å². The van der Waals surface area contributed by atoms with Crippen LogP contribution in [-0.4, -0.2) is 6.54 Å². The Kier molecular flexibility index (Phi) is 4.85. The average Bonchev–Trinajstić information content (AvgIpc) is 2.88. The molecule has 2 rings (SSSR count). The largest absolute Gasteiger partial charge is 0.307 e. The molecule has 1 aliphatic carbocycles. The van der Waals surface area contributed by atoms with Gasteiger partial charge in [-0.1, -0.05) is 36.2 Å². The van der Waals surface area contributed by atoms with Crippen LogP contribution >= 0.6 is 11.6 Å². The molecule has 0 heterocycles. The Bertz CT molecular complexity index is 437. The molecule has 0 aromatic heterocycles. The first kappa shape index (κ1) is 13.6. The van der Waals surface area contributed by atoms with Crippen LogP contribution in [-0.2, 0) is 0 Å². The standard InChI is InChI=1S/C16H22ClN/c1-3-10-18-16(13-6-4-5-7-13)15-11-14(17)9-8-12(15)2/h6,8-9,11,16,18H,3-5,7,10H2,1-2H3. The second kappa shape index (κ2) is 6.40. The van der Waals surface area contributed by atoms with Crippen molar-refractivity contribution in [2.45, 2.75) is 45.6 Å². The molecule has 2 heteroatoms. The monoisotopic (exact) mass is 263 g/mol. The topological polar surface area (TPSA) is 12.0 Å². The maximum absolute atomic E-state index is 6.15. The van der Waals surface area contributed by atoms with Gasteiger partial charge in [-0.25, -0.2) is 0 Å². The van der Waals surface area contributed by atoms with Crippen LogP contribution in [0.4, 0.5) is 0 Å². The SMILES string of the molecule is CCCNC(C1=CCCC1)c1cc(Cl)ccc1C. The molecule has 1 aromatic rings. The molecule has 0 saturated heterocycles. The van der Waals surface area contributed by atoms with E-state index in [0.717, 1.165) is 18.0 Å². The minimum atomic E-state index is 0.353. The van der Waals surface area contributed by atoms with E-state index in [1.54, 1.807) is 0 Å². The molecule has 0 aliphatic heterocycles. The summed E-state index contributed by atoms with van der Waals surface area (Å²) in [5.74, 6) is 0. The Morgan fingerprint density at radius 3 is 2.89 bits per heavy atom. The van der Waals surface area contributed by atoms with Gasteiger partial charge in [0.05, 0.1) is 6.04 Å². The van der Waals surface area contributed by atoms with Gasteiger partial charge in [-0.15, -0.1) is 0 Å². The molecule has 0 spiro atoms. The minimum Gasteiger partial charge on any atom is -0.307 e. The van der Waals surface area contributed by atoms with Crippen LogP contribution in [0.2, 0.25) is 5.02 Å². The second-order valence-corrected chi connectivity index (χ2v) is 5.50. The van der Waals surface area contributed by atoms with Crippen LogP contribution in [0.5, 0.6) is 0 Å². The Labute approximate surface area is 115 Å². The lowest BCUT2D eigenvalue weighted by Crippen LogP contribution is -2.24. The first-order chi connectivity index (χ1) is 8.72. The van der Waals surface area contributed by atoms with Gasteiger partial charge in [-0.2, -0.15) is 0 Å². The van der Waals surface area contributed by atoms with Crippen molar-refractivity contribution in [3.63, 3.8) is 0 Å². The molecule has 98 valence electrons. The summed E-state index contributed by atoms with van der Waals surface area (Å²) in [6.45, 7) is 5.42. The average molecular weight is 264 g/mol. The molecule has 18 heavy (non-hydrogen) atoms. The molecule has 0 amide bonds. The molecular formula is C16H22ClN. The van der Waals surface area contributed by atoms with E-state index in [1.165, 1.54) is 36.0 Å². The van der Waals surface area contributed by atoms with Crippen molar-refractivity contribution in [3.8, 4) is 0 Å². The molecule has 1 unspecified atom stereocenters. The van der Waals surface area contributed by atoms with Gasteiger partial charge in [0.2, 0.25) is 0 Å². The maximum atomic E-state index is 6.15. The summed E-state index contributed by atoms with van der Waals surface area (Å²) in [7, 11) is 0. The van der Waals surface area contributed by atoms with E-state index >= 15 is 0 Å². The van der Waals surface area contributed by atoms with Crippen molar-refractivity contribution in [1.29, 1.82) is 0 Å². The van der Waals surface area contributed by atoms with E-state index in [4.69, 9.17) is 11.6 Å². The molecule has 1 aromatic carbocycles. The molecule has 0 fully saturated rings. The molecule has 1 nitrogen and oxygen atoms in total. The number of benzene rings is 1. The zero-order valence-electron chi connectivity index (χ0n) is 11.3. The summed E-state index contributed by atoms with van der Waals surface area (Å²) in [4.78, 5) is 0. The lowest BCUT2D eigenvalue weighted by molar-refractivity contribution is 0.576. The van der Waals surface area contributed by atoms with E-state index in [1.807, 2.05) is 6.07 Å². The van der Waals surface area contributed by atoms with Crippen molar-refractivity contribution in [2.24, 2.45) is 0 Å². The third-order valence-corrected chi connectivity index (χ3v) is 3.83. The molecule has 1 N–H and O–H groups in total. The normalized spacial score (nSPS) is 16.7. The number of aryl methyl sites for hydroxylation is 1. The summed E-state index contributed by atoms with van der Waals surface area (Å²) < 4.78 is 0. The number of nitrogens with one attached hydrogen (secondary N) is 1. The Balaban J connectivity index is 2.29. The molecule has 0 bridgehead atoms. The Morgan fingerprint density at radius 2 is 2.22 bits per heavy atom. The number of rotatable bonds is 5. The van der Waals surface area contributed by atoms with Crippen LogP contribution in [0.3, 0.4) is 0 Å². The highest BCUT2D eigenvalue weighted by molar-refractivity contribution is 6.30. The summed E-state index contributed by atoms with van der Waals surface area (Å²) in [6, 6.07) is 6.56. The van der Waals surface area contributed by atoms with Crippen LogP contribution in [0, 0.1) is 6.92 Å². The van der Waals surface area contributed by atoms with Gasteiger partial charge in [0, 0.05) is 5.02 Å². The van der Waals surface area contributed by atoms with Gasteiger partial charge in [0.25, 0.3) is 0 Å². The third-order valence-electron chi connectivity index (χ3n) is 3.60. The van der Waals surface area contributed by atoms with Gasteiger partial charge < -0.3 is 5.32 Å². The fourth-order valence-corrected chi connectivity index (χ4v) is 2.79. The summed E-state index contributed by atoms with van der Waals surface area (Å²) in [6.07, 6.45) is 7.28. The zero-order valence-corrected chi connectivity index (χ0v) is 12.1. The molecule has 0 saturated carbocycles. The number of hydrogen-bond donors (Lipinski definition) is 1. The van der Waals surface area contributed by atoms with E-state index < -0.39 is 0 Å². The lowest BCUT2D eigenvalue weighted by Gasteiger charge is -2.22. The van der Waals surface area contributed by atoms with E-state index in [9.17, 15) is 0 Å². The quantitative estimate of drug-likeness (QED) is 0.753. The highest BCUT2D eigenvalue weighted by Gasteiger charge is 2.20. The van der Waals surface area contributed by atoms with Crippen molar-refractivity contribution in [2.75, 3.05) is 6.54 Å². The predicted molar refractivity (Wildman–Crippen MR) is 79.2 cm³/mol. The summed E-state index contributed by atoms with van der Waals surface area (Å²) in [5, 5.41) is 4.50. The van der Waals surface area contributed by atoms with Gasteiger partial charge >= 0.3 is 0 Å². The minimum absolute atomic E-state index is 0.353. The van der Waals surface area contributed by atoms with E-state index in [2.05, 4.69) is 37.4 Å². The predicted octanol–water partition coefficient (Wildman–Crippen LogP) is 4.80. The second-order valence-electron chi connectivity index (χ2n) is 5.06. The molecule has 1 atom stereocenters. The zero-order chi connectivity index (χ0) is 13.0. The number of allylic oxidation sites excluding steroid dienone is 1. The summed E-state index contributed by atoms with van der Waals surface area (Å²) >= 11 is 6.15. The van der Waals surface area contributed by atoms with E-state index in [0.29, 0.717) is 6.04 Å². The number of halogens is 1. The van der Waals surface area contributed by atoms with Gasteiger partial charge in [-0.05, 0) is 62.4 Å². The highest BCUT2D eigenvalue weighted by Crippen LogP contribution is 2.33. The first-order valence-corrected chi connectivity index (χ1v) is 7.28. The third kappa shape index (κ3) is 3.15. The molecule has 1 aliphatic rings. The van der Waals surface area contributed by atoms with Gasteiger partial charge in [0.1, 0.15) is 0 Å². The first-order valence-electron chi connectivity index (χ1n) is 6.90. The Hall–Kier alpha value is -0.790. The fraction of sp³-hybridized carbons (Fsp3) is 0.500. The summed E-state index contributed by atoms with van der Waals surface area (Å²) in [5.41, 5.74) is 4.19. The van der Waals surface area contributed by atoms with Gasteiger partial charge in [0.15, 0.2) is 0 Å². The fourth-order valence-electron chi connectivity index (χ4n) is 2.61. The van der Waals surface area contributed by atoms with E-state index in [-0.39, 0.29) is 0 Å². The number of hydrogen-bond acceptors (Lipinski definition) is 1. The van der Waals surface area contributed by atoms with Crippen LogP contribution in [0.1, 0.15) is 49.8 Å². The Morgan fingerprint density at radius 1 is 1.39 bits per heavy atom. The van der Waals surface area contributed by atoms with Crippen molar-refractivity contribution in [1.82, 2.24) is 5.32 Å². The van der Waals surface area contributed by atoms with Crippen molar-refractivity contribution >= 4 is 11.6 Å². The highest BCUT2D eigenvalue weighted by atomic mass is 35.5. The smallest absolute Gasteiger partial charge is 0.0539 e. The lowest BCUT2D eigenvalue weighted by atomic mass is 9.94.